The monoisotopic (exact) mass is 819 g/mol. The number of ether oxygens (including phenoxy) is 2. The first-order valence-corrected chi connectivity index (χ1v) is 23.3. The molecule has 0 fully saturated rings. The molecular weight excluding hydrogens is 737 g/mol. The first-order chi connectivity index (χ1) is 27.5. The summed E-state index contributed by atoms with van der Waals surface area (Å²) in [6.45, 7) is 4.22. The van der Waals surface area contributed by atoms with Crippen LogP contribution in [0, 0.1) is 0 Å². The number of unbranched alkanes of at least 4 members (excludes halogenated alkanes) is 10. The molecule has 57 heavy (non-hydrogen) atoms. The van der Waals surface area contributed by atoms with Crippen LogP contribution < -0.4 is 0 Å². The highest BCUT2D eigenvalue weighted by Crippen LogP contribution is 2.43. The number of hydrogen-bond acceptors (Lipinski definition) is 7. The van der Waals surface area contributed by atoms with Crippen LogP contribution in [0.3, 0.4) is 0 Å². The van der Waals surface area contributed by atoms with Crippen LogP contribution in [0.15, 0.2) is 85.1 Å². The molecule has 0 aliphatic carbocycles. The third-order valence-electron chi connectivity index (χ3n) is 8.66. The Kier molecular flexibility index (Phi) is 36.8. The molecule has 0 saturated carbocycles. The topological polar surface area (TPSA) is 108 Å². The lowest BCUT2D eigenvalue weighted by Gasteiger charge is -2.24. The molecule has 0 aliphatic heterocycles. The van der Waals surface area contributed by atoms with Gasteiger partial charge in [-0.15, -0.1) is 0 Å². The maximum absolute atomic E-state index is 12.7. The van der Waals surface area contributed by atoms with Crippen molar-refractivity contribution < 1.29 is 42.1 Å². The molecule has 0 aromatic rings. The van der Waals surface area contributed by atoms with E-state index in [1.807, 2.05) is 33.3 Å². The third kappa shape index (κ3) is 42.6. The highest BCUT2D eigenvalue weighted by Gasteiger charge is 2.27. The zero-order valence-electron chi connectivity index (χ0n) is 36.5. The SMILES string of the molecule is CCCC/C=C/C/C=C/CCCCCCCC(=O)OC[C@H](COP(=O)(O)OCC[N+](C)(C)C)OC(=O)CC/C=C/C/C=C/C/C=C/C/C=C/C/C=C/CCCCC. The van der Waals surface area contributed by atoms with Crippen LogP contribution in [0.2, 0.25) is 0 Å². The van der Waals surface area contributed by atoms with Gasteiger partial charge in [-0.05, 0) is 77.0 Å². The summed E-state index contributed by atoms with van der Waals surface area (Å²) in [6, 6.07) is 0. The fourth-order valence-electron chi connectivity index (χ4n) is 5.19. The summed E-state index contributed by atoms with van der Waals surface area (Å²) in [6.07, 6.45) is 49.3. The van der Waals surface area contributed by atoms with Gasteiger partial charge in [-0.1, -0.05) is 144 Å². The summed E-state index contributed by atoms with van der Waals surface area (Å²) in [4.78, 5) is 35.3. The van der Waals surface area contributed by atoms with Crippen LogP contribution in [-0.4, -0.2) is 74.9 Å². The maximum Gasteiger partial charge on any atom is 0.472 e. The van der Waals surface area contributed by atoms with E-state index in [9.17, 15) is 19.0 Å². The number of likely N-dealkylation sites (N-methyl/N-ethyl adjacent to an activating group) is 1. The number of carbonyl (C=O) groups excluding carboxylic acids is 2. The van der Waals surface area contributed by atoms with Gasteiger partial charge in [0.25, 0.3) is 0 Å². The lowest BCUT2D eigenvalue weighted by molar-refractivity contribution is -0.870. The highest BCUT2D eigenvalue weighted by atomic mass is 31.2. The quantitative estimate of drug-likeness (QED) is 0.0216. The van der Waals surface area contributed by atoms with E-state index in [0.717, 1.165) is 70.6 Å². The molecule has 0 aliphatic rings. The molecule has 326 valence electrons. The number of esters is 2. The van der Waals surface area contributed by atoms with Gasteiger partial charge in [0.2, 0.25) is 0 Å². The van der Waals surface area contributed by atoms with Crippen molar-refractivity contribution in [2.24, 2.45) is 0 Å². The highest BCUT2D eigenvalue weighted by molar-refractivity contribution is 7.47. The second-order valence-corrected chi connectivity index (χ2v) is 16.8. The van der Waals surface area contributed by atoms with E-state index in [2.05, 4.69) is 86.8 Å². The number of rotatable bonds is 38. The zero-order valence-corrected chi connectivity index (χ0v) is 37.4. The van der Waals surface area contributed by atoms with Gasteiger partial charge in [-0.3, -0.25) is 18.6 Å². The van der Waals surface area contributed by atoms with Gasteiger partial charge >= 0.3 is 19.8 Å². The summed E-state index contributed by atoms with van der Waals surface area (Å²) in [5.41, 5.74) is 0. The average molecular weight is 819 g/mol. The number of phosphoric ester groups is 1. The summed E-state index contributed by atoms with van der Waals surface area (Å²) in [5.74, 6) is -0.920. The fourth-order valence-corrected chi connectivity index (χ4v) is 5.93. The molecule has 0 aromatic heterocycles. The zero-order chi connectivity index (χ0) is 42.1. The molecule has 0 aromatic carbocycles. The molecule has 0 saturated heterocycles. The van der Waals surface area contributed by atoms with Crippen LogP contribution in [0.25, 0.3) is 0 Å². The molecule has 9 nitrogen and oxygen atoms in total. The van der Waals surface area contributed by atoms with Crippen LogP contribution in [0.1, 0.15) is 149 Å². The Morgan fingerprint density at radius 1 is 0.544 bits per heavy atom. The Morgan fingerprint density at radius 2 is 1.00 bits per heavy atom. The number of allylic oxidation sites excluding steroid dienone is 14. The minimum absolute atomic E-state index is 0.0115. The lowest BCUT2D eigenvalue weighted by atomic mass is 10.1. The molecule has 0 radical (unpaired) electrons. The fraction of sp³-hybridized carbons (Fsp3) is 0.660. The van der Waals surface area contributed by atoms with Gasteiger partial charge < -0.3 is 18.9 Å². The minimum atomic E-state index is -4.40. The smallest absolute Gasteiger partial charge is 0.462 e. The molecule has 0 bridgehead atoms. The van der Waals surface area contributed by atoms with Crippen LogP contribution in [0.5, 0.6) is 0 Å². The number of quaternary nitrogens is 1. The second kappa shape index (κ2) is 38.7. The van der Waals surface area contributed by atoms with Crippen molar-refractivity contribution in [3.05, 3.63) is 85.1 Å². The van der Waals surface area contributed by atoms with Gasteiger partial charge in [-0.25, -0.2) is 4.57 Å². The second-order valence-electron chi connectivity index (χ2n) is 15.4. The van der Waals surface area contributed by atoms with Crippen LogP contribution in [0.4, 0.5) is 0 Å². The largest absolute Gasteiger partial charge is 0.472 e. The van der Waals surface area contributed by atoms with E-state index in [4.69, 9.17) is 18.5 Å². The Hall–Kier alpha value is -2.81. The average Bonchev–Trinajstić information content (AvgIpc) is 3.16. The number of carbonyl (C=O) groups is 2. The lowest BCUT2D eigenvalue weighted by Crippen LogP contribution is -2.37. The Morgan fingerprint density at radius 3 is 1.53 bits per heavy atom. The predicted octanol–water partition coefficient (Wildman–Crippen LogP) is 12.4. The predicted molar refractivity (Wildman–Crippen MR) is 238 cm³/mol. The van der Waals surface area contributed by atoms with Crippen LogP contribution >= 0.6 is 7.82 Å². The number of nitrogens with zero attached hydrogens (tertiary/aromatic N) is 1. The van der Waals surface area contributed by atoms with Crippen molar-refractivity contribution in [1.29, 1.82) is 0 Å². The Balaban J connectivity index is 4.54. The Bertz CT molecular complexity index is 1240. The van der Waals surface area contributed by atoms with Crippen molar-refractivity contribution in [2.45, 2.75) is 155 Å². The van der Waals surface area contributed by atoms with Crippen molar-refractivity contribution in [3.63, 3.8) is 0 Å². The minimum Gasteiger partial charge on any atom is -0.462 e. The molecule has 0 spiro atoms. The summed E-state index contributed by atoms with van der Waals surface area (Å²) >= 11 is 0. The van der Waals surface area contributed by atoms with E-state index in [1.54, 1.807) is 0 Å². The van der Waals surface area contributed by atoms with E-state index >= 15 is 0 Å². The molecule has 0 rings (SSSR count). The van der Waals surface area contributed by atoms with E-state index in [1.165, 1.54) is 38.5 Å². The number of hydrogen-bond donors (Lipinski definition) is 1. The van der Waals surface area contributed by atoms with E-state index in [0.29, 0.717) is 23.9 Å². The van der Waals surface area contributed by atoms with Gasteiger partial charge in [0.15, 0.2) is 6.10 Å². The van der Waals surface area contributed by atoms with Gasteiger partial charge in [-0.2, -0.15) is 0 Å². The van der Waals surface area contributed by atoms with Gasteiger partial charge in [0.05, 0.1) is 27.7 Å². The molecule has 1 N–H and O–H groups in total. The molecular formula is C47H81NO8P+. The molecule has 10 heteroatoms. The van der Waals surface area contributed by atoms with Crippen LogP contribution in [-0.2, 0) is 32.7 Å². The van der Waals surface area contributed by atoms with Crippen molar-refractivity contribution in [2.75, 3.05) is 47.5 Å². The summed E-state index contributed by atoms with van der Waals surface area (Å²) in [7, 11) is 1.41. The maximum atomic E-state index is 12.7. The standard InChI is InChI=1S/C47H80NO8P/c1-6-8-10-12-14-16-18-20-22-23-24-25-26-28-30-32-34-36-38-40-47(50)56-45(44-55-57(51,52)54-42-41-48(3,4)5)43-53-46(49)39-37-35-33-31-29-27-21-19-17-15-13-11-9-7-2/h13-16,19-22,24-25,28,30,34,36,45H,6-12,17-18,23,26-27,29,31-33,35,37-44H2,1-5H3/p+1/b15-13+,16-14+,21-19+,22-20+,25-24+,30-28+,36-34+/t45-/m1/s1. The molecule has 0 amide bonds. The molecule has 2 atom stereocenters. The summed E-state index contributed by atoms with van der Waals surface area (Å²) < 4.78 is 34.2. The molecule has 0 heterocycles. The first kappa shape index (κ1) is 54.2. The normalized spacial score (nSPS) is 14.4. The Labute approximate surface area is 348 Å². The summed E-state index contributed by atoms with van der Waals surface area (Å²) in [5, 5.41) is 0. The first-order valence-electron chi connectivity index (χ1n) is 21.8. The van der Waals surface area contributed by atoms with Crippen molar-refractivity contribution in [1.82, 2.24) is 0 Å². The van der Waals surface area contributed by atoms with E-state index in [-0.39, 0.29) is 26.1 Å². The van der Waals surface area contributed by atoms with E-state index < -0.39 is 32.5 Å². The van der Waals surface area contributed by atoms with Crippen molar-refractivity contribution >= 4 is 19.8 Å². The van der Waals surface area contributed by atoms with Gasteiger partial charge in [0, 0.05) is 12.8 Å². The van der Waals surface area contributed by atoms with Gasteiger partial charge in [0.1, 0.15) is 19.8 Å². The molecule has 1 unspecified atom stereocenters. The number of phosphoric acid groups is 1. The van der Waals surface area contributed by atoms with Crippen molar-refractivity contribution in [3.8, 4) is 0 Å². The third-order valence-corrected chi connectivity index (χ3v) is 9.65.